The second kappa shape index (κ2) is 11.5. The highest BCUT2D eigenvalue weighted by Gasteiger charge is 2.14. The Morgan fingerprint density at radius 1 is 1.11 bits per heavy atom. The first-order valence-electron chi connectivity index (χ1n) is 8.37. The van der Waals surface area contributed by atoms with Gasteiger partial charge in [0.05, 0.1) is 10.6 Å². The minimum atomic E-state index is -3.25. The molecule has 0 unspecified atom stereocenters. The normalized spacial score (nSPS) is 11.6. The average molecular weight is 522 g/mol. The van der Waals surface area contributed by atoms with Crippen molar-refractivity contribution in [2.75, 3.05) is 26.4 Å². The Labute approximate surface area is 183 Å². The molecule has 0 spiro atoms. The second-order valence-electron chi connectivity index (χ2n) is 5.91. The summed E-state index contributed by atoms with van der Waals surface area (Å²) < 4.78 is 24.6. The lowest BCUT2D eigenvalue weighted by atomic mass is 10.2. The van der Waals surface area contributed by atoms with Crippen molar-refractivity contribution in [1.82, 2.24) is 10.2 Å². The van der Waals surface area contributed by atoms with Gasteiger partial charge in [0.1, 0.15) is 0 Å². The largest absolute Gasteiger partial charge is 0.356 e. The van der Waals surface area contributed by atoms with Crippen LogP contribution in [0.15, 0.2) is 64.5 Å². The molecule has 27 heavy (non-hydrogen) atoms. The van der Waals surface area contributed by atoms with Gasteiger partial charge in [0.15, 0.2) is 15.8 Å². The molecule has 0 bridgehead atoms. The molecule has 0 aromatic heterocycles. The molecule has 0 saturated carbocycles. The van der Waals surface area contributed by atoms with Crippen molar-refractivity contribution in [2.45, 2.75) is 17.9 Å². The number of nitrogens with zero attached hydrogens (tertiary/aromatic N) is 2. The van der Waals surface area contributed by atoms with E-state index in [1.807, 2.05) is 36.2 Å². The Bertz CT molecular complexity index is 845. The Hall–Kier alpha value is -1.32. The van der Waals surface area contributed by atoms with E-state index in [0.29, 0.717) is 35.4 Å². The highest BCUT2D eigenvalue weighted by molar-refractivity contribution is 14.0. The molecule has 0 fully saturated rings. The SMILES string of the molecule is CN=C(NCCCS(=O)(=O)c1ccccc1)N(C)Cc1ccccc1Cl.I. The van der Waals surface area contributed by atoms with E-state index < -0.39 is 9.84 Å². The molecule has 0 aliphatic rings. The smallest absolute Gasteiger partial charge is 0.193 e. The summed E-state index contributed by atoms with van der Waals surface area (Å²) in [6.45, 7) is 1.13. The molecular weight excluding hydrogens is 497 g/mol. The van der Waals surface area contributed by atoms with Crippen molar-refractivity contribution in [1.29, 1.82) is 0 Å². The van der Waals surface area contributed by atoms with Gasteiger partial charge < -0.3 is 10.2 Å². The second-order valence-corrected chi connectivity index (χ2v) is 8.42. The van der Waals surface area contributed by atoms with Crippen LogP contribution in [0.5, 0.6) is 0 Å². The fraction of sp³-hybridized carbons (Fsp3) is 0.316. The van der Waals surface area contributed by atoms with Crippen LogP contribution in [0.4, 0.5) is 0 Å². The van der Waals surface area contributed by atoms with Crippen molar-refractivity contribution in [3.8, 4) is 0 Å². The quantitative estimate of drug-likeness (QED) is 0.260. The minimum Gasteiger partial charge on any atom is -0.356 e. The van der Waals surface area contributed by atoms with Gasteiger partial charge in [-0.3, -0.25) is 4.99 Å². The highest BCUT2D eigenvalue weighted by atomic mass is 127. The maximum atomic E-state index is 12.3. The molecule has 2 rings (SSSR count). The predicted octanol–water partition coefficient (Wildman–Crippen LogP) is 3.83. The number of nitrogens with one attached hydrogen (secondary N) is 1. The van der Waals surface area contributed by atoms with Crippen LogP contribution in [0.1, 0.15) is 12.0 Å². The topological polar surface area (TPSA) is 61.8 Å². The molecule has 0 heterocycles. The van der Waals surface area contributed by atoms with E-state index in [-0.39, 0.29) is 29.7 Å². The van der Waals surface area contributed by atoms with E-state index in [1.54, 1.807) is 37.4 Å². The first-order chi connectivity index (χ1) is 12.4. The molecule has 2 aromatic rings. The first-order valence-corrected chi connectivity index (χ1v) is 10.4. The van der Waals surface area contributed by atoms with Crippen molar-refractivity contribution in [3.05, 3.63) is 65.2 Å². The van der Waals surface area contributed by atoms with E-state index in [2.05, 4.69) is 10.3 Å². The van der Waals surface area contributed by atoms with Crippen LogP contribution in [0, 0.1) is 0 Å². The van der Waals surface area contributed by atoms with E-state index in [1.165, 1.54) is 0 Å². The monoisotopic (exact) mass is 521 g/mol. The van der Waals surface area contributed by atoms with Crippen LogP contribution in [0.2, 0.25) is 5.02 Å². The predicted molar refractivity (Wildman–Crippen MR) is 123 cm³/mol. The standard InChI is InChI=1S/C19H24ClN3O2S.HI/c1-21-19(23(2)15-16-9-6-7-12-18(16)20)22-13-8-14-26(24,25)17-10-4-3-5-11-17;/h3-7,9-12H,8,13-15H2,1-2H3,(H,21,22);1H. The molecule has 0 radical (unpaired) electrons. The summed E-state index contributed by atoms with van der Waals surface area (Å²) in [5.74, 6) is 0.789. The molecule has 0 aliphatic heterocycles. The van der Waals surface area contributed by atoms with Crippen LogP contribution in [-0.4, -0.2) is 45.7 Å². The van der Waals surface area contributed by atoms with Crippen molar-refractivity contribution >= 4 is 51.4 Å². The number of hydrogen-bond donors (Lipinski definition) is 1. The summed E-state index contributed by atoms with van der Waals surface area (Å²) in [4.78, 5) is 6.56. The molecule has 8 heteroatoms. The summed E-state index contributed by atoms with van der Waals surface area (Å²) >= 11 is 6.20. The van der Waals surface area contributed by atoms with E-state index >= 15 is 0 Å². The lowest BCUT2D eigenvalue weighted by Crippen LogP contribution is -2.39. The summed E-state index contributed by atoms with van der Waals surface area (Å²) in [5.41, 5.74) is 1.01. The average Bonchev–Trinajstić information content (AvgIpc) is 2.64. The number of guanidine groups is 1. The zero-order valence-electron chi connectivity index (χ0n) is 15.4. The Balaban J connectivity index is 0.00000364. The van der Waals surface area contributed by atoms with E-state index in [0.717, 1.165) is 5.56 Å². The Kier molecular flexibility index (Phi) is 10.1. The third-order valence-corrected chi connectivity index (χ3v) is 6.10. The van der Waals surface area contributed by atoms with Crippen LogP contribution in [0.3, 0.4) is 0 Å². The van der Waals surface area contributed by atoms with Gasteiger partial charge >= 0.3 is 0 Å². The van der Waals surface area contributed by atoms with Gasteiger partial charge in [0.25, 0.3) is 0 Å². The Morgan fingerprint density at radius 2 is 1.74 bits per heavy atom. The van der Waals surface area contributed by atoms with Gasteiger partial charge in [0, 0.05) is 32.2 Å². The third kappa shape index (κ3) is 7.31. The van der Waals surface area contributed by atoms with Crippen LogP contribution in [0.25, 0.3) is 0 Å². The van der Waals surface area contributed by atoms with Gasteiger partial charge in [-0.2, -0.15) is 0 Å². The summed E-state index contributed by atoms with van der Waals surface area (Å²) in [6.07, 6.45) is 0.496. The fourth-order valence-electron chi connectivity index (χ4n) is 2.55. The van der Waals surface area contributed by atoms with Crippen molar-refractivity contribution in [3.63, 3.8) is 0 Å². The van der Waals surface area contributed by atoms with Crippen LogP contribution in [-0.2, 0) is 16.4 Å². The minimum absolute atomic E-state index is 0. The third-order valence-electron chi connectivity index (χ3n) is 3.91. The molecule has 5 nitrogen and oxygen atoms in total. The number of hydrogen-bond acceptors (Lipinski definition) is 3. The van der Waals surface area contributed by atoms with E-state index in [9.17, 15) is 8.42 Å². The van der Waals surface area contributed by atoms with E-state index in [4.69, 9.17) is 11.6 Å². The Morgan fingerprint density at radius 3 is 2.37 bits per heavy atom. The van der Waals surface area contributed by atoms with Crippen molar-refractivity contribution < 1.29 is 8.42 Å². The number of aliphatic imine (C=N–C) groups is 1. The summed E-state index contributed by atoms with van der Waals surface area (Å²) in [6, 6.07) is 16.2. The van der Waals surface area contributed by atoms with Gasteiger partial charge in [-0.25, -0.2) is 8.42 Å². The fourth-order valence-corrected chi connectivity index (χ4v) is 4.08. The molecule has 2 aromatic carbocycles. The molecule has 0 aliphatic carbocycles. The molecule has 0 atom stereocenters. The summed E-state index contributed by atoms with van der Waals surface area (Å²) in [7, 11) is 0.366. The van der Waals surface area contributed by atoms with Crippen molar-refractivity contribution in [2.24, 2.45) is 4.99 Å². The zero-order chi connectivity index (χ0) is 19.0. The molecular formula is C19H25ClIN3O2S. The number of halogens is 2. The lowest BCUT2D eigenvalue weighted by molar-refractivity contribution is 0.477. The molecule has 0 amide bonds. The number of sulfone groups is 1. The van der Waals surface area contributed by atoms with Gasteiger partial charge in [0.2, 0.25) is 0 Å². The molecule has 148 valence electrons. The maximum Gasteiger partial charge on any atom is 0.193 e. The molecule has 0 saturated heterocycles. The van der Waals surface area contributed by atoms with Gasteiger partial charge in [-0.15, -0.1) is 24.0 Å². The summed E-state index contributed by atoms with van der Waals surface area (Å²) in [5, 5.41) is 3.91. The lowest BCUT2D eigenvalue weighted by Gasteiger charge is -2.22. The number of rotatable bonds is 7. The van der Waals surface area contributed by atoms with Gasteiger partial charge in [-0.05, 0) is 30.2 Å². The highest BCUT2D eigenvalue weighted by Crippen LogP contribution is 2.16. The number of benzene rings is 2. The maximum absolute atomic E-state index is 12.3. The zero-order valence-corrected chi connectivity index (χ0v) is 19.3. The first kappa shape index (κ1) is 23.7. The molecule has 1 N–H and O–H groups in total. The van der Waals surface area contributed by atoms with Gasteiger partial charge in [-0.1, -0.05) is 48.0 Å². The van der Waals surface area contributed by atoms with Crippen LogP contribution >= 0.6 is 35.6 Å². The van der Waals surface area contributed by atoms with Crippen LogP contribution < -0.4 is 5.32 Å².